The second-order valence-electron chi connectivity index (χ2n) is 6.33. The number of fused-ring (bicyclic) bond motifs is 1. The van der Waals surface area contributed by atoms with Gasteiger partial charge in [-0.2, -0.15) is 0 Å². The Morgan fingerprint density at radius 1 is 1.33 bits per heavy atom. The lowest BCUT2D eigenvalue weighted by atomic mass is 9.85. The number of carbonyl (C=O) groups is 1. The average Bonchev–Trinajstić information content (AvgIpc) is 2.36. The van der Waals surface area contributed by atoms with E-state index in [1.165, 1.54) is 0 Å². The van der Waals surface area contributed by atoms with Gasteiger partial charge in [0, 0.05) is 12.0 Å². The van der Waals surface area contributed by atoms with Crippen LogP contribution >= 0.6 is 0 Å². The van der Waals surface area contributed by atoms with Crippen LogP contribution in [-0.2, 0) is 17.6 Å². The van der Waals surface area contributed by atoms with Crippen LogP contribution in [0.4, 0.5) is 4.79 Å². The third kappa shape index (κ3) is 3.88. The van der Waals surface area contributed by atoms with Crippen LogP contribution in [0, 0.1) is 0 Å². The molecule has 116 valence electrons. The maximum absolute atomic E-state index is 11.8. The summed E-state index contributed by atoms with van der Waals surface area (Å²) < 4.78 is 10.6. The van der Waals surface area contributed by atoms with Crippen LogP contribution in [0.25, 0.3) is 0 Å². The summed E-state index contributed by atoms with van der Waals surface area (Å²) in [6.07, 6.45) is -0.133. The molecular weight excluding hydrogens is 270 g/mol. The van der Waals surface area contributed by atoms with Gasteiger partial charge in [-0.3, -0.25) is 0 Å². The lowest BCUT2D eigenvalue weighted by Crippen LogP contribution is -2.49. The Kier molecular flexibility index (Phi) is 4.42. The minimum absolute atomic E-state index is 0.348. The van der Waals surface area contributed by atoms with Crippen LogP contribution < -0.4 is 10.1 Å². The van der Waals surface area contributed by atoms with Crippen LogP contribution in [0.3, 0.4) is 0 Å². The highest BCUT2D eigenvalue weighted by Crippen LogP contribution is 2.29. The minimum atomic E-state index is -0.652. The van der Waals surface area contributed by atoms with Crippen LogP contribution in [0.15, 0.2) is 18.2 Å². The second kappa shape index (κ2) is 5.93. The van der Waals surface area contributed by atoms with Crippen molar-refractivity contribution in [2.45, 2.75) is 51.4 Å². The van der Waals surface area contributed by atoms with E-state index in [0.29, 0.717) is 12.8 Å². The fraction of sp³-hybridized carbons (Fsp3) is 0.562. The van der Waals surface area contributed by atoms with E-state index in [9.17, 15) is 9.90 Å². The highest BCUT2D eigenvalue weighted by molar-refractivity contribution is 5.68. The van der Waals surface area contributed by atoms with Crippen molar-refractivity contribution in [3.63, 3.8) is 0 Å². The van der Waals surface area contributed by atoms with Gasteiger partial charge in [0.2, 0.25) is 0 Å². The topological polar surface area (TPSA) is 67.8 Å². The van der Waals surface area contributed by atoms with Crippen LogP contribution in [0.5, 0.6) is 5.75 Å². The molecule has 0 saturated carbocycles. The largest absolute Gasteiger partial charge is 0.496 e. The molecule has 1 aliphatic carbocycles. The number of aliphatic hydroxyl groups excluding tert-OH is 1. The number of amides is 1. The summed E-state index contributed by atoms with van der Waals surface area (Å²) in [5, 5.41) is 13.0. The van der Waals surface area contributed by atoms with Crippen molar-refractivity contribution >= 4 is 6.09 Å². The molecule has 0 fully saturated rings. The van der Waals surface area contributed by atoms with Gasteiger partial charge in [-0.1, -0.05) is 12.1 Å². The van der Waals surface area contributed by atoms with E-state index < -0.39 is 17.8 Å². The molecule has 2 N–H and O–H groups in total. The maximum Gasteiger partial charge on any atom is 0.407 e. The first-order valence-corrected chi connectivity index (χ1v) is 7.12. The van der Waals surface area contributed by atoms with E-state index in [-0.39, 0.29) is 6.04 Å². The van der Waals surface area contributed by atoms with Gasteiger partial charge in [0.15, 0.2) is 0 Å². The fourth-order valence-electron chi connectivity index (χ4n) is 2.56. The predicted molar refractivity (Wildman–Crippen MR) is 79.6 cm³/mol. The smallest absolute Gasteiger partial charge is 0.407 e. The molecule has 2 unspecified atom stereocenters. The van der Waals surface area contributed by atoms with Crippen molar-refractivity contribution in [2.24, 2.45) is 0 Å². The molecule has 2 atom stereocenters. The Hall–Kier alpha value is -1.75. The molecule has 0 radical (unpaired) electrons. The van der Waals surface area contributed by atoms with Gasteiger partial charge in [-0.05, 0) is 38.8 Å². The molecule has 0 bridgehead atoms. The normalized spacial score (nSPS) is 21.4. The molecule has 21 heavy (non-hydrogen) atoms. The summed E-state index contributed by atoms with van der Waals surface area (Å²) in [6.45, 7) is 5.43. The number of hydrogen-bond donors (Lipinski definition) is 2. The number of ether oxygens (including phenoxy) is 2. The zero-order valence-electron chi connectivity index (χ0n) is 13.0. The summed E-state index contributed by atoms with van der Waals surface area (Å²) >= 11 is 0. The van der Waals surface area contributed by atoms with E-state index in [1.54, 1.807) is 7.11 Å². The fourth-order valence-corrected chi connectivity index (χ4v) is 2.56. The van der Waals surface area contributed by atoms with Crippen molar-refractivity contribution in [3.8, 4) is 5.75 Å². The standard InChI is InChI=1S/C16H23NO4/c1-16(2,3)21-15(19)17-12-8-10-6-5-7-14(20-4)11(10)9-13(12)18/h5-7,12-13,18H,8-9H2,1-4H3,(H,17,19). The molecule has 1 aliphatic rings. The van der Waals surface area contributed by atoms with Gasteiger partial charge in [0.1, 0.15) is 11.4 Å². The molecule has 5 nitrogen and oxygen atoms in total. The van der Waals surface area contributed by atoms with E-state index in [1.807, 2.05) is 39.0 Å². The predicted octanol–water partition coefficient (Wildman–Crippen LogP) is 2.05. The summed E-state index contributed by atoms with van der Waals surface area (Å²) in [5.74, 6) is 0.780. The highest BCUT2D eigenvalue weighted by atomic mass is 16.6. The van der Waals surface area contributed by atoms with Gasteiger partial charge < -0.3 is 19.9 Å². The third-order valence-electron chi connectivity index (χ3n) is 3.47. The minimum Gasteiger partial charge on any atom is -0.496 e. The number of methoxy groups -OCH3 is 1. The number of alkyl carbamates (subject to hydrolysis) is 1. The lowest BCUT2D eigenvalue weighted by Gasteiger charge is -2.32. The van der Waals surface area contributed by atoms with E-state index >= 15 is 0 Å². The van der Waals surface area contributed by atoms with Crippen LogP contribution in [-0.4, -0.2) is 36.1 Å². The first-order valence-electron chi connectivity index (χ1n) is 7.12. The Bertz CT molecular complexity index is 521. The molecule has 5 heteroatoms. The number of carbonyl (C=O) groups excluding carboxylic acids is 1. The maximum atomic E-state index is 11.8. The van der Waals surface area contributed by atoms with Crippen molar-refractivity contribution in [2.75, 3.05) is 7.11 Å². The number of nitrogens with one attached hydrogen (secondary N) is 1. The van der Waals surface area contributed by atoms with Crippen molar-refractivity contribution < 1.29 is 19.4 Å². The molecule has 1 amide bonds. The number of rotatable bonds is 2. The summed E-state index contributed by atoms with van der Waals surface area (Å²) in [4.78, 5) is 11.8. The van der Waals surface area contributed by atoms with Gasteiger partial charge in [0.25, 0.3) is 0 Å². The van der Waals surface area contributed by atoms with Crippen molar-refractivity contribution in [1.82, 2.24) is 5.32 Å². The molecular formula is C16H23NO4. The quantitative estimate of drug-likeness (QED) is 0.875. The Morgan fingerprint density at radius 3 is 2.67 bits per heavy atom. The summed E-state index contributed by atoms with van der Waals surface area (Å²) in [7, 11) is 1.62. The average molecular weight is 293 g/mol. The van der Waals surface area contributed by atoms with Gasteiger partial charge >= 0.3 is 6.09 Å². The van der Waals surface area contributed by atoms with E-state index in [0.717, 1.165) is 16.9 Å². The molecule has 0 spiro atoms. The molecule has 0 aromatic heterocycles. The van der Waals surface area contributed by atoms with Gasteiger partial charge in [0.05, 0.1) is 19.3 Å². The number of aliphatic hydroxyl groups is 1. The molecule has 1 aromatic rings. The summed E-state index contributed by atoms with van der Waals surface area (Å²) in [5.41, 5.74) is 1.54. The van der Waals surface area contributed by atoms with Crippen molar-refractivity contribution in [1.29, 1.82) is 0 Å². The number of hydrogen-bond acceptors (Lipinski definition) is 4. The highest BCUT2D eigenvalue weighted by Gasteiger charge is 2.31. The van der Waals surface area contributed by atoms with E-state index in [4.69, 9.17) is 9.47 Å². The summed E-state index contributed by atoms with van der Waals surface area (Å²) in [6, 6.07) is 5.44. The molecule has 0 saturated heterocycles. The zero-order chi connectivity index (χ0) is 15.6. The Morgan fingerprint density at radius 2 is 2.05 bits per heavy atom. The van der Waals surface area contributed by atoms with Gasteiger partial charge in [-0.15, -0.1) is 0 Å². The SMILES string of the molecule is COc1cccc2c1CC(O)C(NC(=O)OC(C)(C)C)C2. The van der Waals surface area contributed by atoms with Gasteiger partial charge in [-0.25, -0.2) is 4.79 Å². The van der Waals surface area contributed by atoms with Crippen molar-refractivity contribution in [3.05, 3.63) is 29.3 Å². The Balaban J connectivity index is 2.09. The number of benzene rings is 1. The monoisotopic (exact) mass is 293 g/mol. The molecule has 2 rings (SSSR count). The molecule has 0 heterocycles. The van der Waals surface area contributed by atoms with Crippen LogP contribution in [0.1, 0.15) is 31.9 Å². The first-order chi connectivity index (χ1) is 9.80. The lowest BCUT2D eigenvalue weighted by molar-refractivity contribution is 0.0412. The first kappa shape index (κ1) is 15.6. The molecule has 0 aliphatic heterocycles. The third-order valence-corrected chi connectivity index (χ3v) is 3.47. The Labute approximate surface area is 125 Å². The van der Waals surface area contributed by atoms with Crippen LogP contribution in [0.2, 0.25) is 0 Å². The second-order valence-corrected chi connectivity index (χ2v) is 6.33. The molecule has 1 aromatic carbocycles. The zero-order valence-corrected chi connectivity index (χ0v) is 13.0. The van der Waals surface area contributed by atoms with E-state index in [2.05, 4.69) is 5.32 Å².